The first kappa shape index (κ1) is 24.3. The number of hydrogen-bond donors (Lipinski definition) is 0. The highest BCUT2D eigenvalue weighted by molar-refractivity contribution is 9.10. The summed E-state index contributed by atoms with van der Waals surface area (Å²) in [5.74, 6) is 0.721. The van der Waals surface area contributed by atoms with Crippen LogP contribution in [0, 0.1) is 6.92 Å². The number of aryl methyl sites for hydroxylation is 1. The lowest BCUT2D eigenvalue weighted by atomic mass is 10.1. The maximum absolute atomic E-state index is 13.4. The Kier molecular flexibility index (Phi) is 7.91. The van der Waals surface area contributed by atoms with Crippen LogP contribution in [0.25, 0.3) is 6.08 Å². The van der Waals surface area contributed by atoms with Crippen molar-refractivity contribution < 1.29 is 9.53 Å². The van der Waals surface area contributed by atoms with Gasteiger partial charge in [0, 0.05) is 16.1 Å². The molecule has 0 N–H and O–H groups in total. The van der Waals surface area contributed by atoms with Gasteiger partial charge in [-0.1, -0.05) is 70.9 Å². The first-order valence-electron chi connectivity index (χ1n) is 11.3. The van der Waals surface area contributed by atoms with Crippen LogP contribution in [-0.4, -0.2) is 22.0 Å². The van der Waals surface area contributed by atoms with E-state index in [-0.39, 0.29) is 11.9 Å². The third-order valence-electron chi connectivity index (χ3n) is 5.64. The van der Waals surface area contributed by atoms with Crippen molar-refractivity contribution in [2.24, 2.45) is 4.99 Å². The van der Waals surface area contributed by atoms with Gasteiger partial charge in [-0.05, 0) is 74.0 Å². The van der Waals surface area contributed by atoms with Crippen LogP contribution < -0.4 is 4.74 Å². The Morgan fingerprint density at radius 2 is 1.76 bits per heavy atom. The Morgan fingerprint density at radius 1 is 1.06 bits per heavy atom. The van der Waals surface area contributed by atoms with Crippen molar-refractivity contribution in [3.8, 4) is 5.75 Å². The van der Waals surface area contributed by atoms with Gasteiger partial charge < -0.3 is 4.74 Å². The van der Waals surface area contributed by atoms with Gasteiger partial charge in [-0.25, -0.2) is 4.99 Å². The summed E-state index contributed by atoms with van der Waals surface area (Å²) in [6.45, 7) is 6.64. The number of carbonyl (C=O) groups is 1. The second kappa shape index (κ2) is 11.1. The third kappa shape index (κ3) is 5.80. The van der Waals surface area contributed by atoms with Gasteiger partial charge in [0.1, 0.15) is 12.4 Å². The number of aliphatic imine (C=N–C) groups is 1. The van der Waals surface area contributed by atoms with Crippen LogP contribution in [0.2, 0.25) is 0 Å². The molecule has 4 rings (SSSR count). The molecule has 0 aromatic heterocycles. The highest BCUT2D eigenvalue weighted by Crippen LogP contribution is 2.37. The molecule has 1 amide bonds. The normalized spacial score (nSPS) is 16.9. The Morgan fingerprint density at radius 3 is 2.47 bits per heavy atom. The van der Waals surface area contributed by atoms with Crippen molar-refractivity contribution >= 4 is 50.5 Å². The van der Waals surface area contributed by atoms with Gasteiger partial charge >= 0.3 is 0 Å². The summed E-state index contributed by atoms with van der Waals surface area (Å²) in [5.41, 5.74) is 3.97. The highest BCUT2D eigenvalue weighted by atomic mass is 79.9. The molecule has 34 heavy (non-hydrogen) atoms. The molecule has 0 bridgehead atoms. The van der Waals surface area contributed by atoms with Gasteiger partial charge in [0.2, 0.25) is 0 Å². The fraction of sp³-hybridized carbons (Fsp3) is 0.214. The van der Waals surface area contributed by atoms with E-state index in [2.05, 4.69) is 29.8 Å². The van der Waals surface area contributed by atoms with E-state index >= 15 is 0 Å². The predicted molar refractivity (Wildman–Crippen MR) is 145 cm³/mol. The molecule has 0 unspecified atom stereocenters. The SMILES string of the molecule is CC[C@H](C)N1C(=O)/C(=C\c2ccccc2OCc2ccc(Br)cc2)SC1=Nc1ccc(C)cc1. The van der Waals surface area contributed by atoms with Gasteiger partial charge in [0.25, 0.3) is 5.91 Å². The average Bonchev–Trinajstić information content (AvgIpc) is 3.15. The van der Waals surface area contributed by atoms with Gasteiger partial charge in [0.15, 0.2) is 5.17 Å². The Hall–Kier alpha value is -2.83. The summed E-state index contributed by atoms with van der Waals surface area (Å²) in [5, 5.41) is 0.711. The molecule has 4 nitrogen and oxygen atoms in total. The predicted octanol–water partition coefficient (Wildman–Crippen LogP) is 7.74. The first-order valence-corrected chi connectivity index (χ1v) is 12.9. The molecule has 1 aliphatic heterocycles. The maximum Gasteiger partial charge on any atom is 0.267 e. The second-order valence-corrected chi connectivity index (χ2v) is 10.2. The van der Waals surface area contributed by atoms with E-state index < -0.39 is 0 Å². The number of halogens is 1. The van der Waals surface area contributed by atoms with E-state index in [1.54, 1.807) is 0 Å². The van der Waals surface area contributed by atoms with Crippen molar-refractivity contribution in [2.75, 3.05) is 0 Å². The number of amides is 1. The van der Waals surface area contributed by atoms with E-state index in [1.807, 2.05) is 90.7 Å². The summed E-state index contributed by atoms with van der Waals surface area (Å²) in [6, 6.07) is 23.9. The van der Waals surface area contributed by atoms with Gasteiger partial charge in [-0.3, -0.25) is 9.69 Å². The fourth-order valence-electron chi connectivity index (χ4n) is 3.48. The largest absolute Gasteiger partial charge is 0.488 e. The first-order chi connectivity index (χ1) is 16.4. The molecule has 1 heterocycles. The maximum atomic E-state index is 13.4. The zero-order valence-corrected chi connectivity index (χ0v) is 21.9. The minimum atomic E-state index is -0.0204. The zero-order chi connectivity index (χ0) is 24.1. The number of rotatable bonds is 7. The van der Waals surface area contributed by atoms with E-state index in [0.717, 1.165) is 33.5 Å². The van der Waals surface area contributed by atoms with Gasteiger partial charge in [-0.2, -0.15) is 0 Å². The quantitative estimate of drug-likeness (QED) is 0.291. The van der Waals surface area contributed by atoms with Crippen molar-refractivity contribution in [3.63, 3.8) is 0 Å². The molecule has 3 aromatic rings. The van der Waals surface area contributed by atoms with Crippen LogP contribution in [0.3, 0.4) is 0 Å². The molecule has 6 heteroatoms. The minimum absolute atomic E-state index is 0.0204. The van der Waals surface area contributed by atoms with Crippen molar-refractivity contribution in [1.82, 2.24) is 4.90 Å². The Bertz CT molecular complexity index is 1220. The second-order valence-electron chi connectivity index (χ2n) is 8.23. The summed E-state index contributed by atoms with van der Waals surface area (Å²) in [4.78, 5) is 20.7. The number of carbonyl (C=O) groups excluding carboxylic acids is 1. The molecule has 1 atom stereocenters. The number of thioether (sulfide) groups is 1. The molecule has 0 saturated carbocycles. The Labute approximate surface area is 213 Å². The smallest absolute Gasteiger partial charge is 0.267 e. The lowest BCUT2D eigenvalue weighted by Gasteiger charge is -2.22. The summed E-state index contributed by atoms with van der Waals surface area (Å²) < 4.78 is 7.15. The lowest BCUT2D eigenvalue weighted by Crippen LogP contribution is -2.36. The molecule has 174 valence electrons. The number of ether oxygens (including phenoxy) is 1. The topological polar surface area (TPSA) is 41.9 Å². The molecular formula is C28H27BrN2O2S. The van der Waals surface area contributed by atoms with Crippen LogP contribution in [-0.2, 0) is 11.4 Å². The standard InChI is InChI=1S/C28H27BrN2O2S/c1-4-20(3)31-27(32)26(34-28(31)30-24-15-9-19(2)10-16-24)17-22-7-5-6-8-25(22)33-18-21-11-13-23(29)14-12-21/h5-17,20H,4,18H2,1-3H3/b26-17+,30-28?/t20-/m0/s1. The number of benzene rings is 3. The van der Waals surface area contributed by atoms with Gasteiger partial charge in [0.05, 0.1) is 10.6 Å². The summed E-state index contributed by atoms with van der Waals surface area (Å²) in [7, 11) is 0. The van der Waals surface area contributed by atoms with Crippen LogP contribution >= 0.6 is 27.7 Å². The molecule has 3 aromatic carbocycles. The monoisotopic (exact) mass is 534 g/mol. The number of amidine groups is 1. The van der Waals surface area contributed by atoms with E-state index in [4.69, 9.17) is 9.73 Å². The zero-order valence-electron chi connectivity index (χ0n) is 19.5. The van der Waals surface area contributed by atoms with Crippen LogP contribution in [0.5, 0.6) is 5.75 Å². The third-order valence-corrected chi connectivity index (χ3v) is 7.15. The molecule has 1 aliphatic rings. The highest BCUT2D eigenvalue weighted by Gasteiger charge is 2.36. The lowest BCUT2D eigenvalue weighted by molar-refractivity contribution is -0.123. The fourth-order valence-corrected chi connectivity index (χ4v) is 4.82. The average molecular weight is 536 g/mol. The number of nitrogens with zero attached hydrogens (tertiary/aromatic N) is 2. The summed E-state index contributed by atoms with van der Waals surface area (Å²) >= 11 is 4.88. The molecule has 0 radical (unpaired) electrons. The minimum Gasteiger partial charge on any atom is -0.488 e. The van der Waals surface area contributed by atoms with E-state index in [9.17, 15) is 4.79 Å². The Balaban J connectivity index is 1.61. The molecular weight excluding hydrogens is 508 g/mol. The van der Waals surface area contributed by atoms with Crippen LogP contribution in [0.1, 0.15) is 37.0 Å². The van der Waals surface area contributed by atoms with E-state index in [1.165, 1.54) is 17.3 Å². The molecule has 0 aliphatic carbocycles. The number of para-hydroxylation sites is 1. The van der Waals surface area contributed by atoms with Crippen LogP contribution in [0.4, 0.5) is 5.69 Å². The van der Waals surface area contributed by atoms with Crippen molar-refractivity contribution in [2.45, 2.75) is 39.8 Å². The van der Waals surface area contributed by atoms with Crippen molar-refractivity contribution in [3.05, 3.63) is 98.9 Å². The van der Waals surface area contributed by atoms with Crippen LogP contribution in [0.15, 0.2) is 87.2 Å². The van der Waals surface area contributed by atoms with E-state index in [0.29, 0.717) is 16.7 Å². The van der Waals surface area contributed by atoms with Gasteiger partial charge in [-0.15, -0.1) is 0 Å². The van der Waals surface area contributed by atoms with Crippen molar-refractivity contribution in [1.29, 1.82) is 0 Å². The summed E-state index contributed by atoms with van der Waals surface area (Å²) in [6.07, 6.45) is 2.76. The number of hydrogen-bond acceptors (Lipinski definition) is 4. The molecule has 0 spiro atoms. The molecule has 1 fully saturated rings. The molecule has 1 saturated heterocycles.